The van der Waals surface area contributed by atoms with E-state index in [1.54, 1.807) is 29.0 Å². The second kappa shape index (κ2) is 9.68. The number of rotatable bonds is 5. The number of phenols is 1. The average Bonchev–Trinajstić information content (AvgIpc) is 2.86. The number of hydrogen-bond acceptors (Lipinski definition) is 6. The van der Waals surface area contributed by atoms with Crippen molar-refractivity contribution in [2.45, 2.75) is 32.4 Å². The van der Waals surface area contributed by atoms with Gasteiger partial charge in [-0.15, -0.1) is 0 Å². The largest absolute Gasteiger partial charge is 0.507 e. The Labute approximate surface area is 203 Å². The molecule has 0 spiro atoms. The lowest BCUT2D eigenvalue weighted by Gasteiger charge is -2.43. The van der Waals surface area contributed by atoms with Crippen molar-refractivity contribution in [1.29, 1.82) is 0 Å². The molecule has 8 nitrogen and oxygen atoms in total. The van der Waals surface area contributed by atoms with Crippen molar-refractivity contribution < 1.29 is 24.2 Å². The zero-order valence-electron chi connectivity index (χ0n) is 19.5. The van der Waals surface area contributed by atoms with Crippen LogP contribution in [-0.2, 0) is 16.1 Å². The van der Waals surface area contributed by atoms with Crippen LogP contribution in [0.3, 0.4) is 0 Å². The molecule has 0 aromatic heterocycles. The van der Waals surface area contributed by atoms with E-state index in [1.807, 2.05) is 65.7 Å². The Morgan fingerprint density at radius 3 is 2.34 bits per heavy atom. The first-order chi connectivity index (χ1) is 17.0. The highest BCUT2D eigenvalue weighted by Gasteiger charge is 2.36. The molecule has 180 valence electrons. The third-order valence-corrected chi connectivity index (χ3v) is 6.37. The van der Waals surface area contributed by atoms with Crippen LogP contribution < -0.4 is 14.6 Å². The monoisotopic (exact) mass is 473 g/mol. The van der Waals surface area contributed by atoms with Crippen molar-refractivity contribution in [3.8, 4) is 17.2 Å². The van der Waals surface area contributed by atoms with Crippen LogP contribution in [0.15, 0.2) is 72.8 Å². The molecular weight excluding hydrogens is 446 g/mol. The fraction of sp³-hybridized carbons (Fsp3) is 0.259. The molecule has 0 aliphatic carbocycles. The molecule has 0 unspecified atom stereocenters. The van der Waals surface area contributed by atoms with Crippen LogP contribution in [0.2, 0.25) is 0 Å². The van der Waals surface area contributed by atoms with E-state index in [0.717, 1.165) is 11.4 Å². The van der Waals surface area contributed by atoms with Gasteiger partial charge in [0.25, 0.3) is 0 Å². The van der Waals surface area contributed by atoms with Gasteiger partial charge >= 0.3 is 6.09 Å². The maximum Gasteiger partial charge on any atom is 0.414 e. The molecule has 1 fully saturated rings. The molecular formula is C27H27N3O5. The number of hydrazine groups is 1. The number of carbonyl (C=O) groups excluding carboxylic acids is 2. The number of cyclic esters (lactones) is 1. The van der Waals surface area contributed by atoms with Gasteiger partial charge in [0.1, 0.15) is 23.9 Å². The number of nitrogens with zero attached hydrogens (tertiary/aromatic N) is 3. The van der Waals surface area contributed by atoms with Gasteiger partial charge in [0.05, 0.1) is 16.9 Å². The average molecular weight is 474 g/mol. The maximum atomic E-state index is 12.6. The molecule has 2 heterocycles. The van der Waals surface area contributed by atoms with E-state index in [9.17, 15) is 14.7 Å². The molecule has 0 saturated carbocycles. The van der Waals surface area contributed by atoms with Gasteiger partial charge in [-0.1, -0.05) is 24.3 Å². The Hall–Kier alpha value is -4.04. The van der Waals surface area contributed by atoms with Crippen molar-refractivity contribution >= 4 is 23.4 Å². The first-order valence-corrected chi connectivity index (χ1v) is 11.7. The van der Waals surface area contributed by atoms with Crippen LogP contribution in [0.4, 0.5) is 16.2 Å². The highest BCUT2D eigenvalue weighted by atomic mass is 16.6. The zero-order valence-corrected chi connectivity index (χ0v) is 19.5. The number of amides is 2. The minimum Gasteiger partial charge on any atom is -0.507 e. The van der Waals surface area contributed by atoms with Gasteiger partial charge in [0.15, 0.2) is 0 Å². The number of anilines is 2. The molecule has 35 heavy (non-hydrogen) atoms. The van der Waals surface area contributed by atoms with Crippen LogP contribution in [0.25, 0.3) is 0 Å². The van der Waals surface area contributed by atoms with Gasteiger partial charge in [0.2, 0.25) is 5.91 Å². The van der Waals surface area contributed by atoms with E-state index < -0.39 is 6.09 Å². The Bertz CT molecular complexity index is 1210. The van der Waals surface area contributed by atoms with E-state index in [4.69, 9.17) is 9.47 Å². The Morgan fingerprint density at radius 1 is 0.971 bits per heavy atom. The molecule has 0 radical (unpaired) electrons. The van der Waals surface area contributed by atoms with Gasteiger partial charge in [-0.2, -0.15) is 0 Å². The van der Waals surface area contributed by atoms with Crippen LogP contribution in [-0.4, -0.2) is 41.2 Å². The fourth-order valence-electron chi connectivity index (χ4n) is 4.72. The number of ether oxygens (including phenoxy) is 2. The molecule has 0 atom stereocenters. The number of phenolic OH excluding ortho intramolecular Hbond substituents is 1. The fourth-order valence-corrected chi connectivity index (χ4v) is 4.72. The number of hydrogen-bond donors (Lipinski definition) is 1. The van der Waals surface area contributed by atoms with Gasteiger partial charge in [0, 0.05) is 26.1 Å². The summed E-state index contributed by atoms with van der Waals surface area (Å²) in [5, 5.41) is 13.9. The number of fused-ring (bicyclic) bond motifs is 1. The highest BCUT2D eigenvalue weighted by molar-refractivity contribution is 5.92. The SMILES string of the molecule is CC(=O)N(c1ccc(Oc2ccccc2)cc1)N1CCC(N2C(=O)OCc3c(O)cccc32)CC1. The molecule has 3 aromatic carbocycles. The maximum absolute atomic E-state index is 12.6. The normalized spacial score (nSPS) is 16.4. The van der Waals surface area contributed by atoms with Gasteiger partial charge in [-0.25, -0.2) is 14.8 Å². The number of para-hydroxylation sites is 1. The quantitative estimate of drug-likeness (QED) is 0.557. The summed E-state index contributed by atoms with van der Waals surface area (Å²) in [5.41, 5.74) is 2.07. The first kappa shape index (κ1) is 22.7. The van der Waals surface area contributed by atoms with Gasteiger partial charge in [-0.05, 0) is 61.4 Å². The molecule has 3 aromatic rings. The topological polar surface area (TPSA) is 82.6 Å². The van der Waals surface area contributed by atoms with Crippen LogP contribution in [0.1, 0.15) is 25.3 Å². The van der Waals surface area contributed by atoms with Crippen molar-refractivity contribution in [3.63, 3.8) is 0 Å². The molecule has 1 saturated heterocycles. The summed E-state index contributed by atoms with van der Waals surface area (Å²) < 4.78 is 11.2. The second-order valence-electron chi connectivity index (χ2n) is 8.62. The van der Waals surface area contributed by atoms with E-state index in [1.165, 1.54) is 0 Å². The zero-order chi connectivity index (χ0) is 24.4. The van der Waals surface area contributed by atoms with Crippen LogP contribution in [0.5, 0.6) is 17.2 Å². The summed E-state index contributed by atoms with van der Waals surface area (Å²) in [4.78, 5) is 26.8. The summed E-state index contributed by atoms with van der Waals surface area (Å²) >= 11 is 0. The standard InChI is InChI=1S/C27H27N3O5/c1-19(31)30(21-10-12-23(13-11-21)35-22-6-3-2-4-7-22)28-16-14-20(15-17-28)29-25-8-5-9-26(32)24(25)18-34-27(29)33/h2-13,20,32H,14-18H2,1H3. The molecule has 2 aliphatic rings. The lowest BCUT2D eigenvalue weighted by Crippen LogP contribution is -2.54. The van der Waals surface area contributed by atoms with Gasteiger partial charge in [-0.3, -0.25) is 9.69 Å². The van der Waals surface area contributed by atoms with E-state index in [-0.39, 0.29) is 24.3 Å². The van der Waals surface area contributed by atoms with E-state index in [0.29, 0.717) is 42.9 Å². The number of carbonyl (C=O) groups is 2. The third-order valence-electron chi connectivity index (χ3n) is 6.37. The molecule has 1 N–H and O–H groups in total. The Kier molecular flexibility index (Phi) is 6.29. The summed E-state index contributed by atoms with van der Waals surface area (Å²) in [5.74, 6) is 1.47. The van der Waals surface area contributed by atoms with E-state index in [2.05, 4.69) is 0 Å². The Balaban J connectivity index is 1.28. The van der Waals surface area contributed by atoms with Crippen LogP contribution >= 0.6 is 0 Å². The highest BCUT2D eigenvalue weighted by Crippen LogP contribution is 2.37. The van der Waals surface area contributed by atoms with Crippen LogP contribution in [0, 0.1) is 0 Å². The lowest BCUT2D eigenvalue weighted by molar-refractivity contribution is -0.119. The minimum absolute atomic E-state index is 0.0677. The predicted octanol–water partition coefficient (Wildman–Crippen LogP) is 5.07. The summed E-state index contributed by atoms with van der Waals surface area (Å²) in [7, 11) is 0. The minimum atomic E-state index is -0.404. The molecule has 8 heteroatoms. The summed E-state index contributed by atoms with van der Waals surface area (Å²) in [6.07, 6.45) is 0.908. The smallest absolute Gasteiger partial charge is 0.414 e. The molecule has 2 aliphatic heterocycles. The van der Waals surface area contributed by atoms with Crippen molar-refractivity contribution in [1.82, 2.24) is 5.01 Å². The molecule has 2 amide bonds. The van der Waals surface area contributed by atoms with Gasteiger partial charge < -0.3 is 14.6 Å². The Morgan fingerprint density at radius 2 is 1.66 bits per heavy atom. The summed E-state index contributed by atoms with van der Waals surface area (Å²) in [6.45, 7) is 2.79. The number of piperidine rings is 1. The van der Waals surface area contributed by atoms with E-state index >= 15 is 0 Å². The van der Waals surface area contributed by atoms with Crippen molar-refractivity contribution in [2.75, 3.05) is 23.0 Å². The van der Waals surface area contributed by atoms with Crippen molar-refractivity contribution in [3.05, 3.63) is 78.4 Å². The molecule has 0 bridgehead atoms. The van der Waals surface area contributed by atoms with Crippen molar-refractivity contribution in [2.24, 2.45) is 0 Å². The molecule has 5 rings (SSSR count). The lowest BCUT2D eigenvalue weighted by atomic mass is 10.0. The predicted molar refractivity (Wildman–Crippen MR) is 131 cm³/mol. The summed E-state index contributed by atoms with van der Waals surface area (Å²) in [6, 6.07) is 22.0. The number of aromatic hydroxyl groups is 1. The third kappa shape index (κ3) is 4.65. The second-order valence-corrected chi connectivity index (χ2v) is 8.62. The first-order valence-electron chi connectivity index (χ1n) is 11.7. The number of benzene rings is 3.